The van der Waals surface area contributed by atoms with Gasteiger partial charge in [-0.25, -0.2) is 0 Å². The SMILES string of the molecule is NC(CC(=O)NC[C@H](O)[C@@H](O)[C@H](O)[C@H](O)CO)C(=O)O. The molecule has 10 heteroatoms. The van der Waals surface area contributed by atoms with Crippen molar-refractivity contribution in [2.24, 2.45) is 5.73 Å². The number of aliphatic hydroxyl groups excluding tert-OH is 5. The third kappa shape index (κ3) is 6.23. The Bertz CT molecular complexity index is 326. The van der Waals surface area contributed by atoms with E-state index in [0.29, 0.717) is 0 Å². The average Bonchev–Trinajstić information content (AvgIpc) is 2.41. The summed E-state index contributed by atoms with van der Waals surface area (Å²) >= 11 is 0. The lowest BCUT2D eigenvalue weighted by atomic mass is 10.0. The summed E-state index contributed by atoms with van der Waals surface area (Å²) < 4.78 is 0. The van der Waals surface area contributed by atoms with Crippen LogP contribution in [-0.2, 0) is 9.59 Å². The predicted octanol–water partition coefficient (Wildman–Crippen LogP) is -4.66. The smallest absolute Gasteiger partial charge is 0.321 e. The van der Waals surface area contributed by atoms with E-state index in [-0.39, 0.29) is 0 Å². The van der Waals surface area contributed by atoms with Gasteiger partial charge in [-0.05, 0) is 0 Å². The lowest BCUT2D eigenvalue weighted by molar-refractivity contribution is -0.140. The summed E-state index contributed by atoms with van der Waals surface area (Å²) in [6.07, 6.45) is -7.37. The fourth-order valence-corrected chi connectivity index (χ4v) is 1.26. The molecule has 0 aliphatic carbocycles. The number of rotatable bonds is 9. The van der Waals surface area contributed by atoms with E-state index >= 15 is 0 Å². The normalized spacial score (nSPS) is 18.7. The molecule has 118 valence electrons. The number of nitrogens with one attached hydrogen (secondary N) is 1. The summed E-state index contributed by atoms with van der Waals surface area (Å²) in [5.41, 5.74) is 5.12. The largest absolute Gasteiger partial charge is 0.480 e. The number of nitrogens with two attached hydrogens (primary N) is 1. The van der Waals surface area contributed by atoms with Gasteiger partial charge in [0.05, 0.1) is 19.1 Å². The molecule has 0 aliphatic heterocycles. The van der Waals surface area contributed by atoms with Crippen molar-refractivity contribution in [1.82, 2.24) is 5.32 Å². The molecule has 0 rings (SSSR count). The quantitative estimate of drug-likeness (QED) is 0.206. The number of hydrogen-bond donors (Lipinski definition) is 8. The first-order valence-electron chi connectivity index (χ1n) is 5.78. The maximum absolute atomic E-state index is 11.2. The maximum atomic E-state index is 11.2. The van der Waals surface area contributed by atoms with Crippen molar-refractivity contribution in [2.75, 3.05) is 13.2 Å². The van der Waals surface area contributed by atoms with E-state index in [1.807, 2.05) is 0 Å². The minimum Gasteiger partial charge on any atom is -0.480 e. The van der Waals surface area contributed by atoms with E-state index < -0.39 is 61.9 Å². The summed E-state index contributed by atoms with van der Waals surface area (Å²) in [7, 11) is 0. The van der Waals surface area contributed by atoms with Crippen LogP contribution in [0.5, 0.6) is 0 Å². The molecule has 0 aromatic rings. The second kappa shape index (κ2) is 8.79. The summed E-state index contributed by atoms with van der Waals surface area (Å²) in [6.45, 7) is -1.30. The van der Waals surface area contributed by atoms with Crippen molar-refractivity contribution in [2.45, 2.75) is 36.9 Å². The van der Waals surface area contributed by atoms with Gasteiger partial charge in [-0.1, -0.05) is 0 Å². The van der Waals surface area contributed by atoms with E-state index in [1.54, 1.807) is 0 Å². The van der Waals surface area contributed by atoms with Crippen LogP contribution in [0.4, 0.5) is 0 Å². The van der Waals surface area contributed by atoms with E-state index in [4.69, 9.17) is 21.1 Å². The van der Waals surface area contributed by atoms with Crippen LogP contribution in [0, 0.1) is 0 Å². The van der Waals surface area contributed by atoms with Gasteiger partial charge in [0.1, 0.15) is 24.4 Å². The lowest BCUT2D eigenvalue weighted by Gasteiger charge is -2.25. The van der Waals surface area contributed by atoms with Crippen LogP contribution >= 0.6 is 0 Å². The Morgan fingerprint density at radius 2 is 1.55 bits per heavy atom. The molecule has 0 aliphatic rings. The van der Waals surface area contributed by atoms with Crippen molar-refractivity contribution in [3.8, 4) is 0 Å². The fraction of sp³-hybridized carbons (Fsp3) is 0.800. The highest BCUT2D eigenvalue weighted by molar-refractivity contribution is 5.84. The summed E-state index contributed by atoms with van der Waals surface area (Å²) in [6, 6.07) is -1.39. The molecule has 0 aromatic heterocycles. The van der Waals surface area contributed by atoms with Crippen molar-refractivity contribution in [1.29, 1.82) is 0 Å². The van der Waals surface area contributed by atoms with Gasteiger partial charge in [0.25, 0.3) is 0 Å². The Kier molecular flexibility index (Phi) is 8.22. The molecule has 9 N–H and O–H groups in total. The number of aliphatic carboxylic acids is 1. The van der Waals surface area contributed by atoms with Gasteiger partial charge < -0.3 is 41.7 Å². The lowest BCUT2D eigenvalue weighted by Crippen LogP contribution is -2.50. The average molecular weight is 296 g/mol. The van der Waals surface area contributed by atoms with E-state index in [0.717, 1.165) is 0 Å². The fourth-order valence-electron chi connectivity index (χ4n) is 1.26. The Morgan fingerprint density at radius 3 is 2.00 bits per heavy atom. The monoisotopic (exact) mass is 296 g/mol. The van der Waals surface area contributed by atoms with Crippen LogP contribution in [-0.4, -0.2) is 86.1 Å². The molecule has 0 radical (unpaired) electrons. The van der Waals surface area contributed by atoms with Crippen LogP contribution in [0.3, 0.4) is 0 Å². The minimum absolute atomic E-state index is 0.485. The highest BCUT2D eigenvalue weighted by Crippen LogP contribution is 2.04. The number of hydrogen-bond acceptors (Lipinski definition) is 8. The number of amides is 1. The van der Waals surface area contributed by atoms with Crippen molar-refractivity contribution >= 4 is 11.9 Å². The molecule has 1 unspecified atom stereocenters. The molecule has 0 aromatic carbocycles. The molecule has 0 fully saturated rings. The molecule has 10 nitrogen and oxygen atoms in total. The Hall–Kier alpha value is -1.30. The zero-order valence-corrected chi connectivity index (χ0v) is 10.6. The Balaban J connectivity index is 4.18. The Labute approximate surface area is 114 Å². The predicted molar refractivity (Wildman–Crippen MR) is 64.4 cm³/mol. The van der Waals surface area contributed by atoms with Gasteiger partial charge in [-0.2, -0.15) is 0 Å². The molecular weight excluding hydrogens is 276 g/mol. The van der Waals surface area contributed by atoms with Gasteiger partial charge in [-0.3, -0.25) is 9.59 Å². The molecule has 0 heterocycles. The highest BCUT2D eigenvalue weighted by Gasteiger charge is 2.30. The van der Waals surface area contributed by atoms with Crippen LogP contribution in [0.2, 0.25) is 0 Å². The van der Waals surface area contributed by atoms with Gasteiger partial charge in [0.2, 0.25) is 5.91 Å². The molecule has 0 bridgehead atoms. The first kappa shape index (κ1) is 18.7. The van der Waals surface area contributed by atoms with E-state index in [2.05, 4.69) is 5.32 Å². The third-order valence-corrected chi connectivity index (χ3v) is 2.56. The molecule has 5 atom stereocenters. The number of carboxylic acid groups (broad SMARTS) is 1. The number of aliphatic hydroxyl groups is 5. The van der Waals surface area contributed by atoms with Gasteiger partial charge in [-0.15, -0.1) is 0 Å². The minimum atomic E-state index is -1.80. The second-order valence-corrected chi connectivity index (χ2v) is 4.25. The van der Waals surface area contributed by atoms with E-state index in [1.165, 1.54) is 0 Å². The molecule has 20 heavy (non-hydrogen) atoms. The summed E-state index contributed by atoms with van der Waals surface area (Å²) in [4.78, 5) is 21.6. The number of carbonyl (C=O) groups is 2. The van der Waals surface area contributed by atoms with Crippen LogP contribution < -0.4 is 11.1 Å². The van der Waals surface area contributed by atoms with Crippen molar-refractivity contribution < 1.29 is 40.2 Å². The number of carboxylic acids is 1. The summed E-state index contributed by atoms with van der Waals surface area (Å²) in [5, 5.41) is 56.4. The summed E-state index contributed by atoms with van der Waals surface area (Å²) in [5.74, 6) is -2.12. The second-order valence-electron chi connectivity index (χ2n) is 4.25. The van der Waals surface area contributed by atoms with Crippen molar-refractivity contribution in [3.05, 3.63) is 0 Å². The third-order valence-electron chi connectivity index (χ3n) is 2.56. The van der Waals surface area contributed by atoms with Gasteiger partial charge in [0.15, 0.2) is 0 Å². The van der Waals surface area contributed by atoms with Crippen LogP contribution in [0.15, 0.2) is 0 Å². The number of carbonyl (C=O) groups excluding carboxylic acids is 1. The van der Waals surface area contributed by atoms with Crippen LogP contribution in [0.25, 0.3) is 0 Å². The maximum Gasteiger partial charge on any atom is 0.321 e. The molecule has 0 saturated carbocycles. The first-order valence-corrected chi connectivity index (χ1v) is 5.78. The Morgan fingerprint density at radius 1 is 1.05 bits per heavy atom. The van der Waals surface area contributed by atoms with Gasteiger partial charge >= 0.3 is 5.97 Å². The zero-order valence-electron chi connectivity index (χ0n) is 10.6. The zero-order chi connectivity index (χ0) is 15.9. The van der Waals surface area contributed by atoms with Crippen LogP contribution in [0.1, 0.15) is 6.42 Å². The molecule has 1 amide bonds. The first-order chi connectivity index (χ1) is 9.20. The highest BCUT2D eigenvalue weighted by atomic mass is 16.4. The van der Waals surface area contributed by atoms with E-state index in [9.17, 15) is 24.9 Å². The molecule has 0 saturated heterocycles. The standard InChI is InChI=1S/C10H20N2O8/c11-4(10(19)20)1-7(16)12-2-5(14)8(17)9(18)6(15)3-13/h4-6,8-9,13-15,17-18H,1-3,11H2,(H,12,16)(H,19,20)/t4?,5-,6+,8+,9+/m0/s1. The topological polar surface area (TPSA) is 194 Å². The van der Waals surface area contributed by atoms with Gasteiger partial charge in [0, 0.05) is 6.54 Å². The molecule has 0 spiro atoms. The molecular formula is C10H20N2O8. The van der Waals surface area contributed by atoms with Crippen molar-refractivity contribution in [3.63, 3.8) is 0 Å².